The molecule has 0 aromatic carbocycles. The number of carboxylic acid groups (broad SMARTS) is 1. The Balaban J connectivity index is 5.41. The van der Waals surface area contributed by atoms with E-state index in [1.54, 1.807) is 0 Å². The van der Waals surface area contributed by atoms with Crippen LogP contribution in [0.4, 0.5) is 0 Å². The number of nitrogens with one attached hydrogen (secondary N) is 6. The van der Waals surface area contributed by atoms with Gasteiger partial charge >= 0.3 is 5.97 Å². The van der Waals surface area contributed by atoms with Crippen molar-refractivity contribution in [2.45, 2.75) is 75.7 Å². The summed E-state index contributed by atoms with van der Waals surface area (Å²) in [5, 5.41) is 28.3. The molecular formula is C22H42N10O7S. The number of rotatable bonds is 20. The number of aliphatic carboxylic acids is 1. The largest absolute Gasteiger partial charge is 0.480 e. The minimum absolute atomic E-state index is 0.106. The number of amides is 5. The molecule has 0 aliphatic rings. The van der Waals surface area contributed by atoms with Crippen molar-refractivity contribution in [2.75, 3.05) is 18.8 Å². The Morgan fingerprint density at radius 3 is 1.93 bits per heavy atom. The minimum atomic E-state index is -1.52. The van der Waals surface area contributed by atoms with Crippen LogP contribution in [0.2, 0.25) is 0 Å². The molecule has 15 N–H and O–H groups in total. The van der Waals surface area contributed by atoms with Gasteiger partial charge in [-0.15, -0.1) is 0 Å². The van der Waals surface area contributed by atoms with Crippen LogP contribution in [0, 0.1) is 5.41 Å². The van der Waals surface area contributed by atoms with Gasteiger partial charge in [0.1, 0.15) is 24.2 Å². The Morgan fingerprint density at radius 1 is 0.825 bits per heavy atom. The first-order valence-electron chi connectivity index (χ1n) is 12.6. The van der Waals surface area contributed by atoms with Gasteiger partial charge in [-0.05, 0) is 39.2 Å². The highest BCUT2D eigenvalue weighted by Crippen LogP contribution is 2.03. The molecule has 18 heteroatoms. The number of primary amides is 1. The molecule has 0 aromatic rings. The van der Waals surface area contributed by atoms with Gasteiger partial charge in [0.15, 0.2) is 5.96 Å². The van der Waals surface area contributed by atoms with Crippen LogP contribution < -0.4 is 49.5 Å². The number of carbonyl (C=O) groups excluding carboxylic acids is 5. The van der Waals surface area contributed by atoms with Crippen molar-refractivity contribution in [3.05, 3.63) is 0 Å². The van der Waals surface area contributed by atoms with Gasteiger partial charge in [0.05, 0.1) is 12.5 Å². The third kappa shape index (κ3) is 15.1. The number of unbranched alkanes of at least 4 members (excludes halogenated alkanes) is 1. The van der Waals surface area contributed by atoms with E-state index in [0.29, 0.717) is 32.2 Å². The Labute approximate surface area is 237 Å². The van der Waals surface area contributed by atoms with Crippen molar-refractivity contribution < 1.29 is 33.9 Å². The molecule has 0 heterocycles. The van der Waals surface area contributed by atoms with Crippen LogP contribution in [0.25, 0.3) is 0 Å². The minimum Gasteiger partial charge on any atom is -0.480 e. The van der Waals surface area contributed by atoms with Gasteiger partial charge in [0, 0.05) is 12.3 Å². The first kappa shape index (κ1) is 36.4. The maximum absolute atomic E-state index is 13.0. The Kier molecular flexibility index (Phi) is 17.7. The predicted molar refractivity (Wildman–Crippen MR) is 149 cm³/mol. The van der Waals surface area contributed by atoms with Crippen molar-refractivity contribution in [3.63, 3.8) is 0 Å². The predicted octanol–water partition coefficient (Wildman–Crippen LogP) is -4.45. The number of nitrogens with two attached hydrogens (primary N) is 4. The normalized spacial score (nSPS) is 14.4. The zero-order valence-electron chi connectivity index (χ0n) is 22.4. The molecular weight excluding hydrogens is 548 g/mol. The second-order valence-electron chi connectivity index (χ2n) is 8.98. The van der Waals surface area contributed by atoms with Crippen LogP contribution in [0.1, 0.15) is 45.4 Å². The standard InChI is InChI=1S/C22H42N10O7S/c1-11(17(34)31-14(9-16(25)33)20(37)32-15(10-40)21(38)39)29-19(36)13(6-4-8-28-22(26)27)30-18(35)12(24)5-2-3-7-23/h11-15,40H,2-10,23-24H2,1H3,(H2,25,33)(H,29,36)(H,30,35)(H,31,34)(H,32,37)(H,38,39)(H4,26,27,28)/t11-,12-,13-,14-,15-/m0/s1. The highest BCUT2D eigenvalue weighted by molar-refractivity contribution is 7.80. The molecule has 0 unspecified atom stereocenters. The summed E-state index contributed by atoms with van der Waals surface area (Å²) >= 11 is 3.84. The summed E-state index contributed by atoms with van der Waals surface area (Å²) in [5.74, 6) is -6.02. The third-order valence-corrected chi connectivity index (χ3v) is 5.88. The van der Waals surface area contributed by atoms with E-state index in [4.69, 9.17) is 33.5 Å². The lowest BCUT2D eigenvalue weighted by Gasteiger charge is -2.24. The third-order valence-electron chi connectivity index (χ3n) is 5.51. The van der Waals surface area contributed by atoms with Gasteiger partial charge in [-0.25, -0.2) is 4.79 Å². The summed E-state index contributed by atoms with van der Waals surface area (Å²) in [6, 6.07) is -6.15. The number of carbonyl (C=O) groups is 6. The van der Waals surface area contributed by atoms with E-state index >= 15 is 0 Å². The van der Waals surface area contributed by atoms with E-state index in [1.165, 1.54) is 6.92 Å². The Morgan fingerprint density at radius 2 is 1.40 bits per heavy atom. The van der Waals surface area contributed by atoms with Crippen molar-refractivity contribution in [1.82, 2.24) is 26.6 Å². The summed E-state index contributed by atoms with van der Waals surface area (Å²) in [6.07, 6.45) is 1.42. The lowest BCUT2D eigenvalue weighted by molar-refractivity contribution is -0.141. The van der Waals surface area contributed by atoms with Crippen LogP contribution in [0.3, 0.4) is 0 Å². The summed E-state index contributed by atoms with van der Waals surface area (Å²) in [4.78, 5) is 73.4. The molecule has 0 saturated heterocycles. The van der Waals surface area contributed by atoms with Gasteiger partial charge in [0.2, 0.25) is 29.5 Å². The van der Waals surface area contributed by atoms with E-state index in [9.17, 15) is 28.8 Å². The van der Waals surface area contributed by atoms with Crippen LogP contribution in [-0.4, -0.2) is 95.6 Å². The highest BCUT2D eigenvalue weighted by Gasteiger charge is 2.30. The highest BCUT2D eigenvalue weighted by atomic mass is 32.1. The number of thiol groups is 1. The fourth-order valence-corrected chi connectivity index (χ4v) is 3.51. The van der Waals surface area contributed by atoms with Crippen LogP contribution in [-0.2, 0) is 28.8 Å². The first-order chi connectivity index (χ1) is 18.7. The van der Waals surface area contributed by atoms with Crippen LogP contribution >= 0.6 is 12.6 Å². The van der Waals surface area contributed by atoms with Crippen LogP contribution in [0.5, 0.6) is 0 Å². The van der Waals surface area contributed by atoms with Crippen molar-refractivity contribution in [1.29, 1.82) is 5.41 Å². The maximum Gasteiger partial charge on any atom is 0.327 e. The maximum atomic E-state index is 13.0. The van der Waals surface area contributed by atoms with E-state index in [1.807, 2.05) is 0 Å². The number of hydrogen-bond donors (Lipinski definition) is 12. The number of guanidine groups is 1. The molecule has 0 aromatic heterocycles. The molecule has 5 atom stereocenters. The fourth-order valence-electron chi connectivity index (χ4n) is 3.26. The molecule has 40 heavy (non-hydrogen) atoms. The molecule has 0 saturated carbocycles. The van der Waals surface area contributed by atoms with E-state index in [-0.39, 0.29) is 24.7 Å². The molecule has 0 radical (unpaired) electrons. The number of carboxylic acids is 1. The van der Waals surface area contributed by atoms with Gasteiger partial charge < -0.3 is 54.6 Å². The molecule has 17 nitrogen and oxygen atoms in total. The molecule has 228 valence electrons. The zero-order chi connectivity index (χ0) is 30.8. The molecule has 0 aliphatic heterocycles. The molecule has 0 bridgehead atoms. The molecule has 5 amide bonds. The van der Waals surface area contributed by atoms with Gasteiger partial charge in [-0.2, -0.15) is 12.6 Å². The molecule has 0 aliphatic carbocycles. The average Bonchev–Trinajstić information content (AvgIpc) is 2.87. The SMILES string of the molecule is C[C@H](NC(=O)[C@H](CCCNC(=N)N)NC(=O)[C@@H](N)CCCCN)C(=O)N[C@@H](CC(N)=O)C(=O)N[C@@H](CS)C(=O)O. The Hall–Kier alpha value is -3.64. The van der Waals surface area contributed by atoms with Crippen molar-refractivity contribution in [2.24, 2.45) is 22.9 Å². The molecule has 0 fully saturated rings. The van der Waals surface area contributed by atoms with Crippen molar-refractivity contribution in [3.8, 4) is 0 Å². The van der Waals surface area contributed by atoms with Crippen LogP contribution in [0.15, 0.2) is 0 Å². The average molecular weight is 591 g/mol. The smallest absolute Gasteiger partial charge is 0.327 e. The van der Waals surface area contributed by atoms with Gasteiger partial charge in [-0.3, -0.25) is 29.4 Å². The summed E-state index contributed by atoms with van der Waals surface area (Å²) < 4.78 is 0. The lowest BCUT2D eigenvalue weighted by atomic mass is 10.1. The Bertz CT molecular complexity index is 907. The van der Waals surface area contributed by atoms with E-state index < -0.39 is 72.1 Å². The lowest BCUT2D eigenvalue weighted by Crippen LogP contribution is -2.58. The second-order valence-corrected chi connectivity index (χ2v) is 9.34. The monoisotopic (exact) mass is 590 g/mol. The van der Waals surface area contributed by atoms with Gasteiger partial charge in [-0.1, -0.05) is 6.42 Å². The molecule has 0 rings (SSSR count). The van der Waals surface area contributed by atoms with E-state index in [0.717, 1.165) is 0 Å². The topological polar surface area (TPSA) is 311 Å². The van der Waals surface area contributed by atoms with Crippen molar-refractivity contribution >= 4 is 54.1 Å². The second kappa shape index (κ2) is 19.4. The quantitative estimate of drug-likeness (QED) is 0.0278. The summed E-state index contributed by atoms with van der Waals surface area (Å²) in [5.41, 5.74) is 21.8. The fraction of sp³-hybridized carbons (Fsp3) is 0.682. The number of hydrogen-bond acceptors (Lipinski definition) is 10. The van der Waals surface area contributed by atoms with Gasteiger partial charge in [0.25, 0.3) is 0 Å². The first-order valence-corrected chi connectivity index (χ1v) is 13.2. The zero-order valence-corrected chi connectivity index (χ0v) is 23.3. The molecule has 0 spiro atoms. The van der Waals surface area contributed by atoms with E-state index in [2.05, 4.69) is 39.2 Å². The summed E-state index contributed by atoms with van der Waals surface area (Å²) in [7, 11) is 0. The summed E-state index contributed by atoms with van der Waals surface area (Å²) in [6.45, 7) is 1.98.